The zero-order chi connectivity index (χ0) is 23.9. The molecule has 0 atom stereocenters. The lowest BCUT2D eigenvalue weighted by atomic mass is 10.1. The molecule has 3 aromatic heterocycles. The van der Waals surface area contributed by atoms with E-state index in [4.69, 9.17) is 9.47 Å². The van der Waals surface area contributed by atoms with E-state index in [9.17, 15) is 4.79 Å². The van der Waals surface area contributed by atoms with Gasteiger partial charge in [-0.15, -0.1) is 0 Å². The van der Waals surface area contributed by atoms with Crippen LogP contribution >= 0.6 is 11.3 Å². The van der Waals surface area contributed by atoms with Crippen LogP contribution in [0.15, 0.2) is 77.6 Å². The molecule has 3 heterocycles. The highest BCUT2D eigenvalue weighted by Gasteiger charge is 2.15. The monoisotopic (exact) mass is 481 g/mol. The molecule has 0 amide bonds. The Bertz CT molecular complexity index is 1810. The molecule has 6 aromatic rings. The molecule has 0 saturated carbocycles. The van der Waals surface area contributed by atoms with Gasteiger partial charge in [-0.1, -0.05) is 47.7 Å². The first kappa shape index (κ1) is 21.4. The highest BCUT2D eigenvalue weighted by Crippen LogP contribution is 2.27. The highest BCUT2D eigenvalue weighted by molar-refractivity contribution is 7.15. The second kappa shape index (κ2) is 8.60. The van der Waals surface area contributed by atoms with E-state index in [1.165, 1.54) is 11.3 Å². The molecule has 0 fully saturated rings. The number of aromatic nitrogens is 3. The molecular formula is C28H23N3O3S. The van der Waals surface area contributed by atoms with E-state index in [1.54, 1.807) is 11.5 Å². The Morgan fingerprint density at radius 1 is 0.971 bits per heavy atom. The van der Waals surface area contributed by atoms with Crippen molar-refractivity contribution in [1.29, 1.82) is 0 Å². The van der Waals surface area contributed by atoms with Crippen molar-refractivity contribution >= 4 is 44.3 Å². The number of nitrogens with zero attached hydrogens (tertiary/aromatic N) is 3. The molecule has 0 aliphatic carbocycles. The summed E-state index contributed by atoms with van der Waals surface area (Å²) < 4.78 is 15.9. The molecule has 3 aromatic carbocycles. The van der Waals surface area contributed by atoms with E-state index in [-0.39, 0.29) is 5.56 Å². The van der Waals surface area contributed by atoms with Gasteiger partial charge in [-0.05, 0) is 43.3 Å². The van der Waals surface area contributed by atoms with Gasteiger partial charge in [0.05, 0.1) is 29.2 Å². The zero-order valence-electron chi connectivity index (χ0n) is 19.4. The molecule has 174 valence electrons. The van der Waals surface area contributed by atoms with Crippen LogP contribution in [0.4, 0.5) is 0 Å². The van der Waals surface area contributed by atoms with Crippen LogP contribution in [0.1, 0.15) is 11.3 Å². The van der Waals surface area contributed by atoms with Gasteiger partial charge in [0.2, 0.25) is 0 Å². The number of para-hydroxylation sites is 3. The van der Waals surface area contributed by atoms with Crippen molar-refractivity contribution in [3.8, 4) is 11.5 Å². The summed E-state index contributed by atoms with van der Waals surface area (Å²) in [4.78, 5) is 18.7. The largest absolute Gasteiger partial charge is 0.497 e. The van der Waals surface area contributed by atoms with Crippen LogP contribution in [0.5, 0.6) is 11.5 Å². The summed E-state index contributed by atoms with van der Waals surface area (Å²) in [5.41, 5.74) is 4.91. The Balaban J connectivity index is 1.39. The van der Waals surface area contributed by atoms with Crippen LogP contribution in [0.25, 0.3) is 33.0 Å². The van der Waals surface area contributed by atoms with Crippen LogP contribution < -0.4 is 19.6 Å². The molecular weight excluding hydrogens is 458 g/mol. The number of hydrogen-bond donors (Lipinski definition) is 0. The molecule has 0 aliphatic rings. The number of methoxy groups -OCH3 is 1. The molecule has 0 spiro atoms. The predicted molar refractivity (Wildman–Crippen MR) is 141 cm³/mol. The molecule has 7 heteroatoms. The molecule has 35 heavy (non-hydrogen) atoms. The van der Waals surface area contributed by atoms with Crippen molar-refractivity contribution in [2.75, 3.05) is 13.7 Å². The van der Waals surface area contributed by atoms with E-state index in [2.05, 4.69) is 28.6 Å². The SMILES string of the molecule is COc1cccc(OCCn2c(C)c(C=c3sc4nc5ccccc5n4c3=O)c3ccccc32)c1. The first-order chi connectivity index (χ1) is 17.1. The Morgan fingerprint density at radius 2 is 1.74 bits per heavy atom. The summed E-state index contributed by atoms with van der Waals surface area (Å²) in [6, 6.07) is 23.6. The van der Waals surface area contributed by atoms with Crippen molar-refractivity contribution in [3.63, 3.8) is 0 Å². The van der Waals surface area contributed by atoms with E-state index in [0.717, 1.165) is 49.7 Å². The molecule has 0 aliphatic heterocycles. The maximum absolute atomic E-state index is 13.3. The minimum atomic E-state index is -0.0312. The van der Waals surface area contributed by atoms with Crippen molar-refractivity contribution < 1.29 is 9.47 Å². The fourth-order valence-corrected chi connectivity index (χ4v) is 5.59. The standard InChI is InChI=1S/C28H23N3O3S/c1-18-22(17-26-27(32)31-25-13-6-4-11-23(25)29-28(31)35-26)21-10-3-5-12-24(21)30(18)14-15-34-20-9-7-8-19(16-20)33-2/h3-13,16-17H,14-15H2,1-2H3. The van der Waals surface area contributed by atoms with Crippen molar-refractivity contribution in [3.05, 3.63) is 98.9 Å². The fourth-order valence-electron chi connectivity index (χ4n) is 4.62. The maximum atomic E-state index is 13.3. The minimum absolute atomic E-state index is 0.0312. The van der Waals surface area contributed by atoms with Crippen molar-refractivity contribution in [2.24, 2.45) is 0 Å². The van der Waals surface area contributed by atoms with Crippen LogP contribution in [0.2, 0.25) is 0 Å². The summed E-state index contributed by atoms with van der Waals surface area (Å²) in [5, 5.41) is 1.11. The third kappa shape index (κ3) is 3.65. The second-order valence-electron chi connectivity index (χ2n) is 8.33. The molecule has 6 nitrogen and oxygen atoms in total. The third-order valence-electron chi connectivity index (χ3n) is 6.33. The number of ether oxygens (including phenoxy) is 2. The number of benzene rings is 3. The molecule has 6 rings (SSSR count). The average molecular weight is 482 g/mol. The first-order valence-electron chi connectivity index (χ1n) is 11.4. The lowest BCUT2D eigenvalue weighted by molar-refractivity contribution is 0.297. The zero-order valence-corrected chi connectivity index (χ0v) is 20.2. The third-order valence-corrected chi connectivity index (χ3v) is 7.29. The summed E-state index contributed by atoms with van der Waals surface area (Å²) in [6.45, 7) is 3.29. The normalized spacial score (nSPS) is 12.2. The van der Waals surface area contributed by atoms with Crippen LogP contribution in [0.3, 0.4) is 0 Å². The number of imidazole rings is 1. The van der Waals surface area contributed by atoms with Gasteiger partial charge in [0.25, 0.3) is 5.56 Å². The van der Waals surface area contributed by atoms with Gasteiger partial charge in [0, 0.05) is 28.2 Å². The molecule has 0 N–H and O–H groups in total. The summed E-state index contributed by atoms with van der Waals surface area (Å²) in [7, 11) is 1.65. The van der Waals surface area contributed by atoms with Gasteiger partial charge in [0.1, 0.15) is 18.1 Å². The predicted octanol–water partition coefficient (Wildman–Crippen LogP) is 4.81. The Kier molecular flexibility index (Phi) is 5.26. The summed E-state index contributed by atoms with van der Waals surface area (Å²) >= 11 is 1.43. The second-order valence-corrected chi connectivity index (χ2v) is 9.34. The van der Waals surface area contributed by atoms with E-state index in [1.807, 2.05) is 66.7 Å². The topological polar surface area (TPSA) is 57.8 Å². The van der Waals surface area contributed by atoms with E-state index < -0.39 is 0 Å². The minimum Gasteiger partial charge on any atom is -0.497 e. The smallest absolute Gasteiger partial charge is 0.274 e. The van der Waals surface area contributed by atoms with Gasteiger partial charge in [-0.2, -0.15) is 0 Å². The lowest BCUT2D eigenvalue weighted by Gasteiger charge is -2.11. The van der Waals surface area contributed by atoms with Gasteiger partial charge in [-0.25, -0.2) is 9.38 Å². The van der Waals surface area contributed by atoms with E-state index in [0.29, 0.717) is 17.7 Å². The first-order valence-corrected chi connectivity index (χ1v) is 12.2. The van der Waals surface area contributed by atoms with Crippen molar-refractivity contribution in [2.45, 2.75) is 13.5 Å². The van der Waals surface area contributed by atoms with Gasteiger partial charge < -0.3 is 14.0 Å². The fraction of sp³-hybridized carbons (Fsp3) is 0.143. The van der Waals surface area contributed by atoms with Gasteiger partial charge in [-0.3, -0.25) is 4.79 Å². The number of fused-ring (bicyclic) bond motifs is 4. The molecule has 0 saturated heterocycles. The van der Waals surface area contributed by atoms with E-state index >= 15 is 0 Å². The lowest BCUT2D eigenvalue weighted by Crippen LogP contribution is -2.22. The number of rotatable bonds is 6. The number of hydrogen-bond acceptors (Lipinski definition) is 5. The van der Waals surface area contributed by atoms with Crippen LogP contribution in [-0.4, -0.2) is 27.7 Å². The maximum Gasteiger partial charge on any atom is 0.274 e. The van der Waals surface area contributed by atoms with Gasteiger partial charge >= 0.3 is 0 Å². The van der Waals surface area contributed by atoms with Crippen molar-refractivity contribution in [1.82, 2.24) is 14.0 Å². The average Bonchev–Trinajstić information content (AvgIpc) is 3.49. The molecule has 0 bridgehead atoms. The van der Waals surface area contributed by atoms with Crippen LogP contribution in [0, 0.1) is 6.92 Å². The Labute approximate surface area is 205 Å². The molecule has 0 radical (unpaired) electrons. The summed E-state index contributed by atoms with van der Waals surface area (Å²) in [6.07, 6.45) is 2.01. The van der Waals surface area contributed by atoms with Crippen LogP contribution in [-0.2, 0) is 6.54 Å². The highest BCUT2D eigenvalue weighted by atomic mass is 32.1. The summed E-state index contributed by atoms with van der Waals surface area (Å²) in [5.74, 6) is 1.54. The Morgan fingerprint density at radius 3 is 2.60 bits per heavy atom. The number of thiazole rings is 1. The quantitative estimate of drug-likeness (QED) is 0.343. The van der Waals surface area contributed by atoms with Gasteiger partial charge in [0.15, 0.2) is 4.96 Å². The molecule has 0 unspecified atom stereocenters. The Hall–Kier alpha value is -4.10.